The molecule has 0 aliphatic heterocycles. The first-order valence-corrected chi connectivity index (χ1v) is 7.80. The average molecular weight is 310 g/mol. The summed E-state index contributed by atoms with van der Waals surface area (Å²) in [5.74, 6) is 2.29. The summed E-state index contributed by atoms with van der Waals surface area (Å²) in [7, 11) is 0. The Kier molecular flexibility index (Phi) is 4.50. The topological polar surface area (TPSA) is 26.0 Å². The Morgan fingerprint density at radius 2 is 1.94 bits per heavy atom. The van der Waals surface area contributed by atoms with Crippen LogP contribution < -0.4 is 5.73 Å². The molecule has 0 heterocycles. The van der Waals surface area contributed by atoms with Crippen LogP contribution in [0.15, 0.2) is 22.7 Å². The second-order valence-corrected chi connectivity index (χ2v) is 6.82. The van der Waals surface area contributed by atoms with E-state index in [9.17, 15) is 0 Å². The predicted molar refractivity (Wildman–Crippen MR) is 81.5 cm³/mol. The molecular formula is C16H24BrN. The third kappa shape index (κ3) is 2.80. The molecule has 1 fully saturated rings. The van der Waals surface area contributed by atoms with E-state index in [4.69, 9.17) is 5.73 Å². The second kappa shape index (κ2) is 5.75. The maximum atomic E-state index is 6.52. The van der Waals surface area contributed by atoms with Gasteiger partial charge in [0.2, 0.25) is 0 Å². The molecule has 2 heteroatoms. The summed E-state index contributed by atoms with van der Waals surface area (Å²) in [6.45, 7) is 6.87. The van der Waals surface area contributed by atoms with Crippen LogP contribution in [0.1, 0.15) is 50.3 Å². The Balaban J connectivity index is 2.16. The fourth-order valence-electron chi connectivity index (χ4n) is 3.10. The van der Waals surface area contributed by atoms with Crippen LogP contribution in [-0.4, -0.2) is 0 Å². The first kappa shape index (κ1) is 14.1. The largest absolute Gasteiger partial charge is 0.324 e. The molecule has 18 heavy (non-hydrogen) atoms. The van der Waals surface area contributed by atoms with Crippen molar-refractivity contribution in [3.05, 3.63) is 33.8 Å². The summed E-state index contributed by atoms with van der Waals surface area (Å²) >= 11 is 3.69. The fraction of sp³-hybridized carbons (Fsp3) is 0.625. The summed E-state index contributed by atoms with van der Waals surface area (Å²) < 4.78 is 1.20. The van der Waals surface area contributed by atoms with E-state index in [1.807, 2.05) is 0 Å². The van der Waals surface area contributed by atoms with Crippen LogP contribution in [0.4, 0.5) is 0 Å². The molecule has 0 saturated heterocycles. The van der Waals surface area contributed by atoms with E-state index < -0.39 is 0 Å². The predicted octanol–water partition coefficient (Wildman–Crippen LogP) is 4.83. The van der Waals surface area contributed by atoms with E-state index in [1.54, 1.807) is 0 Å². The molecular weight excluding hydrogens is 286 g/mol. The van der Waals surface area contributed by atoms with Gasteiger partial charge in [-0.2, -0.15) is 0 Å². The van der Waals surface area contributed by atoms with Gasteiger partial charge in [0.05, 0.1) is 0 Å². The lowest BCUT2D eigenvalue weighted by Gasteiger charge is -2.35. The molecule has 1 aliphatic rings. The van der Waals surface area contributed by atoms with E-state index in [-0.39, 0.29) is 6.04 Å². The van der Waals surface area contributed by atoms with Gasteiger partial charge in [-0.25, -0.2) is 0 Å². The van der Waals surface area contributed by atoms with Crippen LogP contribution in [0.2, 0.25) is 0 Å². The Morgan fingerprint density at radius 1 is 1.22 bits per heavy atom. The maximum Gasteiger partial charge on any atom is 0.0334 e. The molecule has 1 saturated carbocycles. The van der Waals surface area contributed by atoms with Crippen LogP contribution >= 0.6 is 15.9 Å². The molecule has 1 aliphatic carbocycles. The standard InChI is InChI=1S/C16H24BrN/c1-10-7-8-13(9-12(10)3)16(18)14-6-4-5-11(2)15(14)17/h4-6,10,12-13,16H,7-9,18H2,1-3H3. The molecule has 0 radical (unpaired) electrons. The monoisotopic (exact) mass is 309 g/mol. The Labute approximate surface area is 119 Å². The molecule has 1 nitrogen and oxygen atoms in total. The normalized spacial score (nSPS) is 30.2. The van der Waals surface area contributed by atoms with Crippen molar-refractivity contribution in [2.45, 2.75) is 46.1 Å². The molecule has 2 rings (SSSR count). The molecule has 2 N–H and O–H groups in total. The van der Waals surface area contributed by atoms with E-state index in [0.717, 1.165) is 11.8 Å². The molecule has 1 aromatic carbocycles. The van der Waals surface area contributed by atoms with Crippen LogP contribution in [-0.2, 0) is 0 Å². The van der Waals surface area contributed by atoms with Gasteiger partial charge in [0.1, 0.15) is 0 Å². The first-order chi connectivity index (χ1) is 8.50. The van der Waals surface area contributed by atoms with Crippen molar-refractivity contribution in [2.75, 3.05) is 0 Å². The number of nitrogens with two attached hydrogens (primary N) is 1. The van der Waals surface area contributed by atoms with Gasteiger partial charge in [0, 0.05) is 10.5 Å². The average Bonchev–Trinajstić information content (AvgIpc) is 2.35. The zero-order chi connectivity index (χ0) is 13.3. The molecule has 0 aromatic heterocycles. The molecule has 100 valence electrons. The van der Waals surface area contributed by atoms with Crippen molar-refractivity contribution in [3.63, 3.8) is 0 Å². The van der Waals surface area contributed by atoms with Gasteiger partial charge in [0.25, 0.3) is 0 Å². The van der Waals surface area contributed by atoms with Crippen molar-refractivity contribution in [1.29, 1.82) is 0 Å². The van der Waals surface area contributed by atoms with Crippen molar-refractivity contribution >= 4 is 15.9 Å². The summed E-state index contributed by atoms with van der Waals surface area (Å²) in [5.41, 5.74) is 9.07. The minimum atomic E-state index is 0.175. The first-order valence-electron chi connectivity index (χ1n) is 7.01. The summed E-state index contributed by atoms with van der Waals surface area (Å²) in [6, 6.07) is 6.59. The molecule has 4 unspecified atom stereocenters. The number of rotatable bonds is 2. The van der Waals surface area contributed by atoms with Gasteiger partial charge in [-0.15, -0.1) is 0 Å². The lowest BCUT2D eigenvalue weighted by Crippen LogP contribution is -2.29. The minimum absolute atomic E-state index is 0.175. The highest BCUT2D eigenvalue weighted by atomic mass is 79.9. The maximum absolute atomic E-state index is 6.52. The number of hydrogen-bond donors (Lipinski definition) is 1. The van der Waals surface area contributed by atoms with Crippen LogP contribution in [0.3, 0.4) is 0 Å². The summed E-state index contributed by atoms with van der Waals surface area (Å²) in [6.07, 6.45) is 3.86. The van der Waals surface area contributed by atoms with E-state index >= 15 is 0 Å². The zero-order valence-corrected chi connectivity index (χ0v) is 13.2. The quantitative estimate of drug-likeness (QED) is 0.832. The van der Waals surface area contributed by atoms with Crippen molar-refractivity contribution in [1.82, 2.24) is 0 Å². The zero-order valence-electron chi connectivity index (χ0n) is 11.6. The lowest BCUT2D eigenvalue weighted by molar-refractivity contribution is 0.186. The number of aryl methyl sites for hydroxylation is 1. The third-order valence-electron chi connectivity index (χ3n) is 4.73. The van der Waals surface area contributed by atoms with Gasteiger partial charge in [-0.05, 0) is 48.6 Å². The molecule has 0 spiro atoms. The highest BCUT2D eigenvalue weighted by molar-refractivity contribution is 9.10. The Bertz CT molecular complexity index is 416. The van der Waals surface area contributed by atoms with Gasteiger partial charge in [-0.3, -0.25) is 0 Å². The van der Waals surface area contributed by atoms with Crippen LogP contribution in [0.5, 0.6) is 0 Å². The third-order valence-corrected chi connectivity index (χ3v) is 5.81. The Hall–Kier alpha value is -0.340. The lowest BCUT2D eigenvalue weighted by atomic mass is 9.72. The SMILES string of the molecule is Cc1cccc(C(N)C2CCC(C)C(C)C2)c1Br. The molecule has 4 atom stereocenters. The van der Waals surface area contributed by atoms with Gasteiger partial charge in [-0.1, -0.05) is 54.4 Å². The van der Waals surface area contributed by atoms with Crippen LogP contribution in [0, 0.1) is 24.7 Å². The van der Waals surface area contributed by atoms with Gasteiger partial charge >= 0.3 is 0 Å². The van der Waals surface area contributed by atoms with E-state index in [1.165, 1.54) is 34.9 Å². The highest BCUT2D eigenvalue weighted by Crippen LogP contribution is 2.40. The van der Waals surface area contributed by atoms with Gasteiger partial charge in [0.15, 0.2) is 0 Å². The number of halogens is 1. The highest BCUT2D eigenvalue weighted by Gasteiger charge is 2.29. The molecule has 0 bridgehead atoms. The Morgan fingerprint density at radius 3 is 2.61 bits per heavy atom. The van der Waals surface area contributed by atoms with Crippen LogP contribution in [0.25, 0.3) is 0 Å². The van der Waals surface area contributed by atoms with Crippen molar-refractivity contribution < 1.29 is 0 Å². The summed E-state index contributed by atoms with van der Waals surface area (Å²) in [5, 5.41) is 0. The molecule has 0 amide bonds. The number of hydrogen-bond acceptors (Lipinski definition) is 1. The smallest absolute Gasteiger partial charge is 0.0334 e. The van der Waals surface area contributed by atoms with Crippen molar-refractivity contribution in [3.8, 4) is 0 Å². The van der Waals surface area contributed by atoms with Crippen molar-refractivity contribution in [2.24, 2.45) is 23.5 Å². The van der Waals surface area contributed by atoms with Gasteiger partial charge < -0.3 is 5.73 Å². The molecule has 1 aromatic rings. The number of benzene rings is 1. The van der Waals surface area contributed by atoms with E-state index in [2.05, 4.69) is 54.9 Å². The fourth-order valence-corrected chi connectivity index (χ4v) is 3.63. The van der Waals surface area contributed by atoms with E-state index in [0.29, 0.717) is 5.92 Å². The minimum Gasteiger partial charge on any atom is -0.324 e. The second-order valence-electron chi connectivity index (χ2n) is 6.03. The summed E-state index contributed by atoms with van der Waals surface area (Å²) in [4.78, 5) is 0.